The van der Waals surface area contributed by atoms with Crippen LogP contribution in [0.3, 0.4) is 0 Å². The monoisotopic (exact) mass is 569 g/mol. The molecule has 1 heterocycles. The van der Waals surface area contributed by atoms with E-state index < -0.39 is 48.4 Å². The Bertz CT molecular complexity index is 1230. The molecule has 1 saturated heterocycles. The van der Waals surface area contributed by atoms with Crippen molar-refractivity contribution in [3.05, 3.63) is 59.7 Å². The van der Waals surface area contributed by atoms with Crippen LogP contribution >= 0.6 is 0 Å². The fourth-order valence-electron chi connectivity index (χ4n) is 4.99. The van der Waals surface area contributed by atoms with Crippen molar-refractivity contribution in [2.24, 2.45) is 0 Å². The number of carbonyl (C=O) groups excluding carboxylic acids is 3. The Morgan fingerprint density at radius 1 is 0.951 bits per heavy atom. The molecule has 1 aliphatic heterocycles. The number of rotatable bonds is 10. The molecule has 3 amide bonds. The molecular weight excluding hydrogens is 534 g/mol. The van der Waals surface area contributed by atoms with E-state index in [1.807, 2.05) is 48.5 Å². The second-order valence-corrected chi connectivity index (χ2v) is 10.8. The standard InChI is InChI=1S/C29H35N3O9/c1-29(2,3)41-27(36)30-16-39-17-38-15-25(33)32-13-18(12-24(32)26(34)35)31-28(37)40-14-23-21-10-6-4-8-19(21)20-9-5-7-11-22(20)23/h4-11,18,23-24H,12-17H2,1-3H3,(H,30,36)(H,31,37)(H,34,35)/t18-,24-/m0/s1. The number of carboxylic acid groups (broad SMARTS) is 1. The number of carbonyl (C=O) groups is 4. The Labute approximate surface area is 237 Å². The van der Waals surface area contributed by atoms with E-state index >= 15 is 0 Å². The lowest BCUT2D eigenvalue weighted by Crippen LogP contribution is -2.43. The van der Waals surface area contributed by atoms with Crippen LogP contribution in [0.1, 0.15) is 44.2 Å². The number of hydrogen-bond donors (Lipinski definition) is 3. The molecule has 0 saturated carbocycles. The maximum absolute atomic E-state index is 12.7. The van der Waals surface area contributed by atoms with E-state index in [-0.39, 0.29) is 39.0 Å². The summed E-state index contributed by atoms with van der Waals surface area (Å²) in [4.78, 5) is 49.9. The minimum Gasteiger partial charge on any atom is -0.480 e. The third-order valence-corrected chi connectivity index (χ3v) is 6.68. The lowest BCUT2D eigenvalue weighted by atomic mass is 9.98. The summed E-state index contributed by atoms with van der Waals surface area (Å²) in [5, 5.41) is 14.7. The van der Waals surface area contributed by atoms with E-state index in [0.717, 1.165) is 27.2 Å². The van der Waals surface area contributed by atoms with E-state index in [2.05, 4.69) is 10.6 Å². The van der Waals surface area contributed by atoms with Crippen LogP contribution in [0.2, 0.25) is 0 Å². The van der Waals surface area contributed by atoms with Crippen LogP contribution in [0.5, 0.6) is 0 Å². The Morgan fingerprint density at radius 3 is 2.20 bits per heavy atom. The molecule has 3 N–H and O–H groups in total. The fourth-order valence-corrected chi connectivity index (χ4v) is 4.99. The van der Waals surface area contributed by atoms with Gasteiger partial charge >= 0.3 is 18.2 Å². The van der Waals surface area contributed by atoms with Gasteiger partial charge in [-0.3, -0.25) is 10.1 Å². The predicted molar refractivity (Wildman–Crippen MR) is 146 cm³/mol. The number of carboxylic acids is 1. The molecule has 1 aliphatic carbocycles. The van der Waals surface area contributed by atoms with Crippen molar-refractivity contribution < 1.29 is 43.2 Å². The minimum absolute atomic E-state index is 0.00951. The quantitative estimate of drug-likeness (QED) is 0.289. The summed E-state index contributed by atoms with van der Waals surface area (Å²) in [5.41, 5.74) is 3.72. The normalized spacial score (nSPS) is 17.9. The van der Waals surface area contributed by atoms with Gasteiger partial charge in [0.2, 0.25) is 5.91 Å². The Balaban J connectivity index is 1.22. The molecule has 12 nitrogen and oxygen atoms in total. The van der Waals surface area contributed by atoms with Crippen LogP contribution in [-0.4, -0.2) is 85.0 Å². The average molecular weight is 570 g/mol. The van der Waals surface area contributed by atoms with Gasteiger partial charge in [-0.25, -0.2) is 14.4 Å². The van der Waals surface area contributed by atoms with Crippen molar-refractivity contribution in [1.82, 2.24) is 15.5 Å². The number of fused-ring (bicyclic) bond motifs is 3. The smallest absolute Gasteiger partial charge is 0.409 e. The number of amides is 3. The Hall–Kier alpha value is -4.16. The first-order valence-corrected chi connectivity index (χ1v) is 13.3. The zero-order chi connectivity index (χ0) is 29.6. The van der Waals surface area contributed by atoms with E-state index in [0.29, 0.717) is 0 Å². The summed E-state index contributed by atoms with van der Waals surface area (Å²) in [5.74, 6) is -1.87. The summed E-state index contributed by atoms with van der Waals surface area (Å²) in [6.45, 7) is 4.34. The van der Waals surface area contributed by atoms with Gasteiger partial charge in [0.25, 0.3) is 0 Å². The molecule has 0 bridgehead atoms. The Morgan fingerprint density at radius 2 is 1.59 bits per heavy atom. The highest BCUT2D eigenvalue weighted by Crippen LogP contribution is 2.44. The van der Waals surface area contributed by atoms with Crippen LogP contribution in [0, 0.1) is 0 Å². The van der Waals surface area contributed by atoms with Gasteiger partial charge in [-0.15, -0.1) is 0 Å². The lowest BCUT2D eigenvalue weighted by molar-refractivity contribution is -0.152. The number of aliphatic carboxylic acids is 1. The van der Waals surface area contributed by atoms with Crippen molar-refractivity contribution in [1.29, 1.82) is 0 Å². The molecule has 1 fully saturated rings. The topological polar surface area (TPSA) is 153 Å². The van der Waals surface area contributed by atoms with Gasteiger partial charge in [-0.2, -0.15) is 0 Å². The molecule has 2 aliphatic rings. The molecule has 2 atom stereocenters. The first-order valence-electron chi connectivity index (χ1n) is 13.3. The van der Waals surface area contributed by atoms with Gasteiger partial charge in [-0.1, -0.05) is 48.5 Å². The van der Waals surface area contributed by atoms with E-state index in [9.17, 15) is 24.3 Å². The average Bonchev–Trinajstić information content (AvgIpc) is 3.48. The highest BCUT2D eigenvalue weighted by molar-refractivity contribution is 5.85. The molecular formula is C29H35N3O9. The molecule has 220 valence electrons. The van der Waals surface area contributed by atoms with Gasteiger partial charge in [0, 0.05) is 18.9 Å². The van der Waals surface area contributed by atoms with Crippen molar-refractivity contribution in [3.63, 3.8) is 0 Å². The minimum atomic E-state index is -1.19. The first-order chi connectivity index (χ1) is 19.5. The van der Waals surface area contributed by atoms with Gasteiger partial charge in [0.15, 0.2) is 0 Å². The molecule has 12 heteroatoms. The largest absolute Gasteiger partial charge is 0.480 e. The fraction of sp³-hybridized carbons (Fsp3) is 0.448. The van der Waals surface area contributed by atoms with Crippen LogP contribution in [0.25, 0.3) is 11.1 Å². The van der Waals surface area contributed by atoms with Gasteiger partial charge < -0.3 is 34.3 Å². The van der Waals surface area contributed by atoms with Crippen molar-refractivity contribution in [3.8, 4) is 11.1 Å². The summed E-state index contributed by atoms with van der Waals surface area (Å²) >= 11 is 0. The lowest BCUT2D eigenvalue weighted by Gasteiger charge is -2.21. The second-order valence-electron chi connectivity index (χ2n) is 10.8. The number of nitrogens with zero attached hydrogens (tertiary/aromatic N) is 1. The third-order valence-electron chi connectivity index (χ3n) is 6.68. The molecule has 0 unspecified atom stereocenters. The zero-order valence-corrected chi connectivity index (χ0v) is 23.3. The van der Waals surface area contributed by atoms with Gasteiger partial charge in [0.05, 0.1) is 6.04 Å². The first kappa shape index (κ1) is 29.8. The number of nitrogens with one attached hydrogen (secondary N) is 2. The highest BCUT2D eigenvalue weighted by Gasteiger charge is 2.40. The van der Waals surface area contributed by atoms with Crippen LogP contribution in [-0.2, 0) is 28.5 Å². The molecule has 4 rings (SSSR count). The molecule has 0 aromatic heterocycles. The second kappa shape index (κ2) is 13.0. The predicted octanol–water partition coefficient (Wildman–Crippen LogP) is 3.05. The van der Waals surface area contributed by atoms with Gasteiger partial charge in [-0.05, 0) is 43.0 Å². The molecule has 0 radical (unpaired) electrons. The summed E-state index contributed by atoms with van der Waals surface area (Å²) in [6, 6.07) is 14.2. The van der Waals surface area contributed by atoms with Crippen LogP contribution in [0.4, 0.5) is 9.59 Å². The summed E-state index contributed by atoms with van der Waals surface area (Å²) in [6.07, 6.45) is -1.32. The van der Waals surface area contributed by atoms with Crippen molar-refractivity contribution in [2.45, 2.75) is 50.8 Å². The van der Waals surface area contributed by atoms with Gasteiger partial charge in [0.1, 0.15) is 38.4 Å². The molecule has 2 aromatic rings. The van der Waals surface area contributed by atoms with Crippen molar-refractivity contribution >= 4 is 24.1 Å². The van der Waals surface area contributed by atoms with Crippen LogP contribution in [0.15, 0.2) is 48.5 Å². The number of likely N-dealkylation sites (tertiary alicyclic amines) is 1. The Kier molecular flexibility index (Phi) is 9.46. The van der Waals surface area contributed by atoms with Crippen molar-refractivity contribution in [2.75, 3.05) is 33.3 Å². The number of benzene rings is 2. The highest BCUT2D eigenvalue weighted by atomic mass is 16.7. The molecule has 0 spiro atoms. The molecule has 41 heavy (non-hydrogen) atoms. The number of ether oxygens (including phenoxy) is 4. The maximum atomic E-state index is 12.7. The maximum Gasteiger partial charge on any atom is 0.409 e. The molecule has 2 aromatic carbocycles. The SMILES string of the molecule is CC(C)(C)OC(=O)NCOCOCC(=O)N1C[C@@H](NC(=O)OCC2c3ccccc3-c3ccccc32)C[C@H]1C(=O)O. The van der Waals surface area contributed by atoms with E-state index in [1.54, 1.807) is 20.8 Å². The summed E-state index contributed by atoms with van der Waals surface area (Å²) < 4.78 is 20.9. The zero-order valence-electron chi connectivity index (χ0n) is 23.3. The van der Waals surface area contributed by atoms with Crippen LogP contribution < -0.4 is 10.6 Å². The van der Waals surface area contributed by atoms with E-state index in [1.165, 1.54) is 0 Å². The summed E-state index contributed by atoms with van der Waals surface area (Å²) in [7, 11) is 0. The number of alkyl carbamates (subject to hydrolysis) is 2. The van der Waals surface area contributed by atoms with E-state index in [4.69, 9.17) is 18.9 Å². The third kappa shape index (κ3) is 7.74. The number of hydrogen-bond acceptors (Lipinski definition) is 8.